The number of nitrogens with one attached hydrogen (secondary N) is 1. The molecule has 106 valence electrons. The minimum Gasteiger partial charge on any atom is -0.396 e. The Labute approximate surface area is 109 Å². The van der Waals surface area contributed by atoms with Crippen LogP contribution < -0.4 is 11.1 Å². The number of ether oxygens (including phenoxy) is 1. The summed E-state index contributed by atoms with van der Waals surface area (Å²) >= 11 is 0. The summed E-state index contributed by atoms with van der Waals surface area (Å²) in [4.78, 5) is 3.24. The van der Waals surface area contributed by atoms with Gasteiger partial charge in [-0.05, 0) is 13.0 Å². The van der Waals surface area contributed by atoms with E-state index in [1.165, 1.54) is 0 Å². The Morgan fingerprint density at radius 3 is 2.79 bits per heavy atom. The van der Waals surface area contributed by atoms with Gasteiger partial charge >= 0.3 is 6.18 Å². The van der Waals surface area contributed by atoms with Crippen molar-refractivity contribution in [3.63, 3.8) is 0 Å². The summed E-state index contributed by atoms with van der Waals surface area (Å²) in [5.74, 6) is 0. The number of halogens is 3. The van der Waals surface area contributed by atoms with Gasteiger partial charge in [0.05, 0.1) is 30.8 Å². The maximum absolute atomic E-state index is 12.5. The first-order valence-corrected chi connectivity index (χ1v) is 5.59. The molecule has 0 saturated heterocycles. The Morgan fingerprint density at radius 1 is 1.53 bits per heavy atom. The Kier molecular flexibility index (Phi) is 5.17. The summed E-state index contributed by atoms with van der Waals surface area (Å²) in [6.45, 7) is 6.60. The molecule has 0 saturated carbocycles. The number of rotatable bonds is 6. The molecule has 0 fully saturated rings. The predicted octanol–water partition coefficient (Wildman–Crippen LogP) is 2.69. The van der Waals surface area contributed by atoms with E-state index in [4.69, 9.17) is 10.5 Å². The van der Waals surface area contributed by atoms with Crippen LogP contribution in [-0.2, 0) is 10.9 Å². The maximum atomic E-state index is 12.5. The van der Waals surface area contributed by atoms with Crippen molar-refractivity contribution in [2.75, 3.05) is 30.8 Å². The molecule has 0 atom stereocenters. The molecule has 1 aromatic rings. The topological polar surface area (TPSA) is 60.2 Å². The molecule has 1 aromatic heterocycles. The fourth-order valence-corrected chi connectivity index (χ4v) is 1.28. The number of anilines is 2. The Balaban J connectivity index is 2.55. The van der Waals surface area contributed by atoms with Crippen LogP contribution in [0.15, 0.2) is 24.4 Å². The molecule has 0 spiro atoms. The molecule has 0 aliphatic carbocycles. The zero-order valence-electron chi connectivity index (χ0n) is 10.5. The predicted molar refractivity (Wildman–Crippen MR) is 67.8 cm³/mol. The van der Waals surface area contributed by atoms with Crippen molar-refractivity contribution in [2.45, 2.75) is 13.1 Å². The third-order valence-corrected chi connectivity index (χ3v) is 2.14. The summed E-state index contributed by atoms with van der Waals surface area (Å²) in [5.41, 5.74) is 5.80. The van der Waals surface area contributed by atoms with E-state index in [9.17, 15) is 13.2 Å². The maximum Gasteiger partial charge on any atom is 0.433 e. The summed E-state index contributed by atoms with van der Waals surface area (Å²) in [6, 6.07) is 0.883. The van der Waals surface area contributed by atoms with Gasteiger partial charge < -0.3 is 15.8 Å². The van der Waals surface area contributed by atoms with Crippen molar-refractivity contribution in [1.29, 1.82) is 0 Å². The molecule has 0 aromatic carbocycles. The van der Waals surface area contributed by atoms with E-state index in [2.05, 4.69) is 16.9 Å². The van der Waals surface area contributed by atoms with Gasteiger partial charge in [0.25, 0.3) is 0 Å². The molecular formula is C12H16F3N3O. The quantitative estimate of drug-likeness (QED) is 0.619. The van der Waals surface area contributed by atoms with Crippen molar-refractivity contribution < 1.29 is 17.9 Å². The molecule has 4 nitrogen and oxygen atoms in total. The number of hydrogen-bond donors (Lipinski definition) is 2. The van der Waals surface area contributed by atoms with Crippen molar-refractivity contribution in [3.05, 3.63) is 30.1 Å². The Hall–Kier alpha value is -1.76. The molecule has 0 aliphatic rings. The summed E-state index contributed by atoms with van der Waals surface area (Å²) in [5, 5.41) is 2.78. The van der Waals surface area contributed by atoms with Gasteiger partial charge in [0.15, 0.2) is 0 Å². The second-order valence-corrected chi connectivity index (χ2v) is 4.09. The molecule has 0 bridgehead atoms. The minimum absolute atomic E-state index is 0.160. The van der Waals surface area contributed by atoms with Crippen molar-refractivity contribution in [1.82, 2.24) is 4.98 Å². The van der Waals surface area contributed by atoms with E-state index >= 15 is 0 Å². The minimum atomic E-state index is -4.49. The number of nitrogens with zero attached hydrogens (tertiary/aromatic N) is 1. The molecule has 0 radical (unpaired) electrons. The zero-order chi connectivity index (χ0) is 14.5. The molecule has 3 N–H and O–H groups in total. The van der Waals surface area contributed by atoms with Crippen LogP contribution in [0.25, 0.3) is 0 Å². The Bertz CT molecular complexity index is 446. The van der Waals surface area contributed by atoms with E-state index in [1.807, 2.05) is 6.92 Å². The number of pyridine rings is 1. The zero-order valence-corrected chi connectivity index (χ0v) is 10.5. The first kappa shape index (κ1) is 15.3. The van der Waals surface area contributed by atoms with Gasteiger partial charge in [0.2, 0.25) is 0 Å². The molecular weight excluding hydrogens is 259 g/mol. The van der Waals surface area contributed by atoms with Crippen LogP contribution in [0.4, 0.5) is 24.5 Å². The lowest BCUT2D eigenvalue weighted by atomic mass is 10.2. The van der Waals surface area contributed by atoms with E-state index in [0.29, 0.717) is 19.8 Å². The normalized spacial score (nSPS) is 11.4. The van der Waals surface area contributed by atoms with E-state index in [1.54, 1.807) is 0 Å². The summed E-state index contributed by atoms with van der Waals surface area (Å²) in [7, 11) is 0. The second-order valence-electron chi connectivity index (χ2n) is 4.09. The fourth-order valence-electron chi connectivity index (χ4n) is 1.28. The molecule has 7 heteroatoms. The highest BCUT2D eigenvalue weighted by molar-refractivity contribution is 5.65. The van der Waals surface area contributed by atoms with Crippen molar-refractivity contribution >= 4 is 11.4 Å². The molecule has 1 heterocycles. The van der Waals surface area contributed by atoms with Crippen LogP contribution in [-0.4, -0.2) is 24.7 Å². The van der Waals surface area contributed by atoms with Gasteiger partial charge in [-0.1, -0.05) is 12.2 Å². The van der Waals surface area contributed by atoms with Gasteiger partial charge in [0.1, 0.15) is 5.69 Å². The third-order valence-electron chi connectivity index (χ3n) is 2.14. The van der Waals surface area contributed by atoms with Gasteiger partial charge in [-0.3, -0.25) is 0 Å². The number of hydrogen-bond acceptors (Lipinski definition) is 4. The lowest BCUT2D eigenvalue weighted by Gasteiger charge is -2.12. The number of aromatic nitrogens is 1. The van der Waals surface area contributed by atoms with E-state index in [-0.39, 0.29) is 11.4 Å². The third kappa shape index (κ3) is 5.17. The monoisotopic (exact) mass is 275 g/mol. The van der Waals surface area contributed by atoms with Crippen LogP contribution in [0.1, 0.15) is 12.6 Å². The summed E-state index contributed by atoms with van der Waals surface area (Å²) in [6.07, 6.45) is -3.50. The lowest BCUT2D eigenvalue weighted by Crippen LogP contribution is -2.14. The molecule has 0 aliphatic heterocycles. The average Bonchev–Trinajstić information content (AvgIpc) is 2.29. The van der Waals surface area contributed by atoms with Gasteiger partial charge in [0, 0.05) is 6.54 Å². The standard InChI is InChI=1S/C12H16F3N3O/c1-8(2)7-19-4-3-17-10-5-11(12(13,14)15)18-6-9(10)16/h5-6H,1,3-4,7,16H2,2H3,(H,17,18). The van der Waals surface area contributed by atoms with Gasteiger partial charge in [-0.15, -0.1) is 0 Å². The van der Waals surface area contributed by atoms with Crippen LogP contribution in [0.5, 0.6) is 0 Å². The van der Waals surface area contributed by atoms with E-state index < -0.39 is 11.9 Å². The molecule has 0 unspecified atom stereocenters. The SMILES string of the molecule is C=C(C)COCCNc1cc(C(F)(F)F)ncc1N. The molecule has 19 heavy (non-hydrogen) atoms. The van der Waals surface area contributed by atoms with Crippen molar-refractivity contribution in [3.8, 4) is 0 Å². The smallest absolute Gasteiger partial charge is 0.396 e. The molecule has 1 rings (SSSR count). The number of nitrogens with two attached hydrogens (primary N) is 1. The highest BCUT2D eigenvalue weighted by Crippen LogP contribution is 2.30. The van der Waals surface area contributed by atoms with E-state index in [0.717, 1.165) is 17.8 Å². The average molecular weight is 275 g/mol. The van der Waals surface area contributed by atoms with Gasteiger partial charge in [-0.25, -0.2) is 4.98 Å². The highest BCUT2D eigenvalue weighted by atomic mass is 19.4. The fraction of sp³-hybridized carbons (Fsp3) is 0.417. The number of alkyl halides is 3. The second kappa shape index (κ2) is 6.42. The van der Waals surface area contributed by atoms with Crippen LogP contribution in [0.2, 0.25) is 0 Å². The van der Waals surface area contributed by atoms with Crippen LogP contribution in [0, 0.1) is 0 Å². The van der Waals surface area contributed by atoms with Crippen LogP contribution in [0.3, 0.4) is 0 Å². The largest absolute Gasteiger partial charge is 0.433 e. The van der Waals surface area contributed by atoms with Crippen LogP contribution >= 0.6 is 0 Å². The molecule has 0 amide bonds. The van der Waals surface area contributed by atoms with Crippen molar-refractivity contribution in [2.24, 2.45) is 0 Å². The highest BCUT2D eigenvalue weighted by Gasteiger charge is 2.32. The summed E-state index contributed by atoms with van der Waals surface area (Å²) < 4.78 is 42.6. The number of nitrogen functional groups attached to an aromatic ring is 1. The lowest BCUT2D eigenvalue weighted by molar-refractivity contribution is -0.141. The first-order valence-electron chi connectivity index (χ1n) is 5.59. The van der Waals surface area contributed by atoms with Gasteiger partial charge in [-0.2, -0.15) is 13.2 Å². The first-order chi connectivity index (χ1) is 8.80. The Morgan fingerprint density at radius 2 is 2.21 bits per heavy atom.